The Morgan fingerprint density at radius 3 is 2.42 bits per heavy atom. The van der Waals surface area contributed by atoms with Gasteiger partial charge in [0.05, 0.1) is 9.82 Å². The number of halogens is 2. The van der Waals surface area contributed by atoms with E-state index in [0.29, 0.717) is 30.0 Å². The fourth-order valence-corrected chi connectivity index (χ4v) is 3.31. The molecule has 3 rings (SSSR count). The molecular weight excluding hydrogens is 336 g/mol. The highest BCUT2D eigenvalue weighted by molar-refractivity contribution is 7.99. The molecule has 0 saturated carbocycles. The minimum atomic E-state index is -0.800. The summed E-state index contributed by atoms with van der Waals surface area (Å²) in [5, 5.41) is 11.2. The van der Waals surface area contributed by atoms with Crippen molar-refractivity contribution in [2.45, 2.75) is 22.6 Å². The fraction of sp³-hybridized carbons (Fsp3) is 0.118. The molecule has 0 saturated heterocycles. The van der Waals surface area contributed by atoms with Crippen LogP contribution in [0.1, 0.15) is 22.3 Å². The molecule has 4 nitrogen and oxygen atoms in total. The molecule has 0 N–H and O–H groups in total. The van der Waals surface area contributed by atoms with Crippen molar-refractivity contribution in [1.29, 1.82) is 0 Å². The fourth-order valence-electron chi connectivity index (χ4n) is 2.36. The predicted molar refractivity (Wildman–Crippen MR) is 87.5 cm³/mol. The number of nitro benzene ring substituents is 1. The van der Waals surface area contributed by atoms with Gasteiger partial charge >= 0.3 is 0 Å². The third kappa shape index (κ3) is 3.51. The van der Waals surface area contributed by atoms with Crippen LogP contribution >= 0.6 is 11.8 Å². The molecule has 0 unspecified atom stereocenters. The van der Waals surface area contributed by atoms with E-state index in [9.17, 15) is 23.7 Å². The van der Waals surface area contributed by atoms with Gasteiger partial charge < -0.3 is 0 Å². The number of benzene rings is 2. The topological polar surface area (TPSA) is 60.2 Å². The first-order valence-electron chi connectivity index (χ1n) is 6.93. The molecule has 0 spiro atoms. The second-order valence-electron chi connectivity index (χ2n) is 4.83. The second-order valence-corrected chi connectivity index (χ2v) is 5.92. The van der Waals surface area contributed by atoms with Crippen LogP contribution in [0.4, 0.5) is 14.5 Å². The summed E-state index contributed by atoms with van der Waals surface area (Å²) in [6.07, 6.45) is 0.802. The molecule has 0 heterocycles. The Morgan fingerprint density at radius 2 is 1.79 bits per heavy atom. The molecule has 0 fully saturated rings. The Balaban J connectivity index is 0.00000100. The van der Waals surface area contributed by atoms with Crippen molar-refractivity contribution in [1.82, 2.24) is 0 Å². The number of rotatable bonds is 3. The molecule has 2 aromatic carbocycles. The first-order valence-corrected chi connectivity index (χ1v) is 7.75. The Hall–Kier alpha value is -2.54. The van der Waals surface area contributed by atoms with E-state index in [-0.39, 0.29) is 21.3 Å². The quantitative estimate of drug-likeness (QED) is 0.447. The van der Waals surface area contributed by atoms with Gasteiger partial charge in [0, 0.05) is 29.0 Å². The summed E-state index contributed by atoms with van der Waals surface area (Å²) in [4.78, 5) is 22.6. The SMILES string of the molecule is C=C.O=C1CCc2cc([N+](=O)[O-])c(Sc3ccc(F)cc3F)cc21. The zero-order valence-electron chi connectivity index (χ0n) is 12.6. The van der Waals surface area contributed by atoms with Crippen molar-refractivity contribution in [3.8, 4) is 0 Å². The molecule has 0 aliphatic heterocycles. The van der Waals surface area contributed by atoms with Gasteiger partial charge in [-0.1, -0.05) is 11.8 Å². The van der Waals surface area contributed by atoms with Gasteiger partial charge in [0.2, 0.25) is 0 Å². The van der Waals surface area contributed by atoms with Gasteiger partial charge in [0.15, 0.2) is 5.78 Å². The predicted octanol–water partition coefficient (Wildman–Crippen LogP) is 4.96. The second kappa shape index (κ2) is 7.35. The molecule has 124 valence electrons. The van der Waals surface area contributed by atoms with E-state index < -0.39 is 16.6 Å². The van der Waals surface area contributed by atoms with E-state index in [1.807, 2.05) is 0 Å². The van der Waals surface area contributed by atoms with Gasteiger partial charge in [0.25, 0.3) is 5.69 Å². The lowest BCUT2D eigenvalue weighted by Gasteiger charge is -2.07. The maximum atomic E-state index is 13.7. The third-order valence-electron chi connectivity index (χ3n) is 3.42. The van der Waals surface area contributed by atoms with Crippen LogP contribution in [-0.2, 0) is 6.42 Å². The average molecular weight is 349 g/mol. The van der Waals surface area contributed by atoms with E-state index in [0.717, 1.165) is 17.8 Å². The van der Waals surface area contributed by atoms with Crippen LogP contribution in [0.2, 0.25) is 0 Å². The highest BCUT2D eigenvalue weighted by Gasteiger charge is 2.26. The zero-order chi connectivity index (χ0) is 17.9. The van der Waals surface area contributed by atoms with Crippen molar-refractivity contribution in [3.63, 3.8) is 0 Å². The first-order chi connectivity index (χ1) is 11.5. The van der Waals surface area contributed by atoms with E-state index in [2.05, 4.69) is 13.2 Å². The van der Waals surface area contributed by atoms with Gasteiger partial charge in [0.1, 0.15) is 11.6 Å². The van der Waals surface area contributed by atoms with Crippen LogP contribution in [0.3, 0.4) is 0 Å². The minimum absolute atomic E-state index is 0.0647. The summed E-state index contributed by atoms with van der Waals surface area (Å²) in [5.41, 5.74) is 0.901. The highest BCUT2D eigenvalue weighted by Crippen LogP contribution is 2.39. The summed E-state index contributed by atoms with van der Waals surface area (Å²) in [6, 6.07) is 5.80. The van der Waals surface area contributed by atoms with Crippen molar-refractivity contribution in [3.05, 3.63) is 76.4 Å². The normalized spacial score (nSPS) is 12.3. The number of fused-ring (bicyclic) bond motifs is 1. The van der Waals surface area contributed by atoms with Crippen LogP contribution in [0.25, 0.3) is 0 Å². The molecule has 0 aromatic heterocycles. The molecule has 2 aromatic rings. The molecule has 0 amide bonds. The minimum Gasteiger partial charge on any atom is -0.294 e. The Labute approximate surface area is 141 Å². The van der Waals surface area contributed by atoms with Crippen LogP contribution in [0.15, 0.2) is 53.3 Å². The molecule has 1 aliphatic rings. The van der Waals surface area contributed by atoms with Gasteiger partial charge in [-0.05, 0) is 30.2 Å². The van der Waals surface area contributed by atoms with Crippen LogP contribution in [0, 0.1) is 21.7 Å². The van der Waals surface area contributed by atoms with Crippen LogP contribution in [0.5, 0.6) is 0 Å². The first kappa shape index (κ1) is 17.8. The number of ketones is 1. The molecular formula is C17H13F2NO3S. The van der Waals surface area contributed by atoms with E-state index in [1.165, 1.54) is 18.2 Å². The maximum absolute atomic E-state index is 13.7. The third-order valence-corrected chi connectivity index (χ3v) is 4.52. The summed E-state index contributed by atoms with van der Waals surface area (Å²) in [7, 11) is 0. The molecule has 24 heavy (non-hydrogen) atoms. The smallest absolute Gasteiger partial charge is 0.283 e. The van der Waals surface area contributed by atoms with E-state index in [1.54, 1.807) is 0 Å². The number of Topliss-reactive ketones (excluding diaryl/α,β-unsaturated/α-hetero) is 1. The van der Waals surface area contributed by atoms with Gasteiger partial charge in [-0.3, -0.25) is 14.9 Å². The highest BCUT2D eigenvalue weighted by atomic mass is 32.2. The van der Waals surface area contributed by atoms with Crippen molar-refractivity contribution in [2.24, 2.45) is 0 Å². The Morgan fingerprint density at radius 1 is 1.08 bits per heavy atom. The summed E-state index contributed by atoms with van der Waals surface area (Å²) in [5.74, 6) is -1.60. The van der Waals surface area contributed by atoms with Gasteiger partial charge in [-0.25, -0.2) is 8.78 Å². The average Bonchev–Trinajstić information content (AvgIpc) is 2.92. The standard InChI is InChI=1S/C15H9F2NO3S.C2H4/c16-9-2-4-14(11(17)6-9)22-15-7-10-8(1-3-13(10)19)5-12(15)18(20)21;1-2/h2,4-7H,1,3H2;1-2H2. The van der Waals surface area contributed by atoms with E-state index in [4.69, 9.17) is 0 Å². The lowest BCUT2D eigenvalue weighted by molar-refractivity contribution is -0.387. The number of hydrogen-bond donors (Lipinski definition) is 0. The number of nitro groups is 1. The molecule has 7 heteroatoms. The Kier molecular flexibility index (Phi) is 5.46. The van der Waals surface area contributed by atoms with Gasteiger partial charge in [-0.15, -0.1) is 13.2 Å². The largest absolute Gasteiger partial charge is 0.294 e. The summed E-state index contributed by atoms with van der Waals surface area (Å²) in [6.45, 7) is 6.00. The number of carbonyl (C=O) groups is 1. The number of nitrogens with zero attached hydrogens (tertiary/aromatic N) is 1. The summed E-state index contributed by atoms with van der Waals surface area (Å²) < 4.78 is 26.6. The van der Waals surface area contributed by atoms with Crippen LogP contribution < -0.4 is 0 Å². The number of carbonyl (C=O) groups excluding carboxylic acids is 1. The monoisotopic (exact) mass is 349 g/mol. The van der Waals surface area contributed by atoms with Crippen molar-refractivity contribution >= 4 is 23.2 Å². The number of hydrogen-bond acceptors (Lipinski definition) is 4. The molecule has 0 bridgehead atoms. The van der Waals surface area contributed by atoms with Gasteiger partial charge in [-0.2, -0.15) is 0 Å². The Bertz CT molecular complexity index is 824. The number of aryl methyl sites for hydroxylation is 1. The zero-order valence-corrected chi connectivity index (χ0v) is 13.4. The lowest BCUT2D eigenvalue weighted by atomic mass is 10.1. The maximum Gasteiger partial charge on any atom is 0.283 e. The lowest BCUT2D eigenvalue weighted by Crippen LogP contribution is -1.97. The molecule has 1 aliphatic carbocycles. The van der Waals surface area contributed by atoms with Crippen LogP contribution in [-0.4, -0.2) is 10.7 Å². The van der Waals surface area contributed by atoms with E-state index >= 15 is 0 Å². The van der Waals surface area contributed by atoms with Crippen molar-refractivity contribution in [2.75, 3.05) is 0 Å². The molecule has 0 atom stereocenters. The summed E-state index contributed by atoms with van der Waals surface area (Å²) >= 11 is 0.810. The molecule has 0 radical (unpaired) electrons. The van der Waals surface area contributed by atoms with Crippen molar-refractivity contribution < 1.29 is 18.5 Å².